The van der Waals surface area contributed by atoms with Gasteiger partial charge in [0.15, 0.2) is 0 Å². The number of rotatable bonds is 7. The average molecular weight is 416 g/mol. The Morgan fingerprint density at radius 1 is 1.10 bits per heavy atom. The number of aryl methyl sites for hydroxylation is 1. The van der Waals surface area contributed by atoms with Gasteiger partial charge in [-0.1, -0.05) is 32.0 Å². The monoisotopic (exact) mass is 415 g/mol. The molecule has 3 rings (SSSR count). The minimum absolute atomic E-state index is 0.118. The van der Waals surface area contributed by atoms with Crippen LogP contribution in [0.25, 0.3) is 0 Å². The molecular weight excluding hydrogens is 386 g/mol. The van der Waals surface area contributed by atoms with Crippen molar-refractivity contribution in [2.75, 3.05) is 29.9 Å². The van der Waals surface area contributed by atoms with Crippen LogP contribution in [0.3, 0.4) is 0 Å². The maximum atomic E-state index is 12.6. The van der Waals surface area contributed by atoms with Crippen molar-refractivity contribution in [2.24, 2.45) is 0 Å². The van der Waals surface area contributed by atoms with Gasteiger partial charge in [0, 0.05) is 30.5 Å². The third kappa shape index (κ3) is 4.62. The van der Waals surface area contributed by atoms with Crippen LogP contribution in [0.1, 0.15) is 32.8 Å². The van der Waals surface area contributed by atoms with Crippen molar-refractivity contribution in [3.8, 4) is 0 Å². The highest BCUT2D eigenvalue weighted by atomic mass is 32.2. The minimum Gasteiger partial charge on any atom is -0.359 e. The van der Waals surface area contributed by atoms with E-state index in [0.717, 1.165) is 18.5 Å². The third-order valence-corrected chi connectivity index (χ3v) is 7.52. The summed E-state index contributed by atoms with van der Waals surface area (Å²) >= 11 is 0. The molecule has 29 heavy (non-hydrogen) atoms. The van der Waals surface area contributed by atoms with Crippen molar-refractivity contribution in [3.63, 3.8) is 0 Å². The maximum absolute atomic E-state index is 12.6. The summed E-state index contributed by atoms with van der Waals surface area (Å²) in [6, 6.07) is 14.9. The number of carbonyl (C=O) groups is 1. The quantitative estimate of drug-likeness (QED) is 0.751. The molecule has 2 aromatic carbocycles. The molecule has 0 aromatic heterocycles. The molecule has 1 atom stereocenters. The molecule has 1 N–H and O–H groups in total. The van der Waals surface area contributed by atoms with E-state index in [2.05, 4.69) is 29.3 Å². The predicted molar refractivity (Wildman–Crippen MR) is 117 cm³/mol. The summed E-state index contributed by atoms with van der Waals surface area (Å²) in [5.41, 5.74) is 2.97. The average Bonchev–Trinajstić information content (AvgIpc) is 2.71. The normalized spacial score (nSPS) is 16.6. The Bertz CT molecular complexity index is 954. The number of hydrogen-bond donors (Lipinski definition) is 1. The summed E-state index contributed by atoms with van der Waals surface area (Å²) in [4.78, 5) is 15.0. The van der Waals surface area contributed by atoms with E-state index in [-0.39, 0.29) is 23.4 Å². The second kappa shape index (κ2) is 8.97. The number of benzene rings is 2. The minimum atomic E-state index is -3.50. The third-order valence-electron chi connectivity index (χ3n) is 5.46. The lowest BCUT2D eigenvalue weighted by Gasteiger charge is -2.36. The lowest BCUT2D eigenvalue weighted by atomic mass is 9.96. The van der Waals surface area contributed by atoms with E-state index in [4.69, 9.17) is 0 Å². The summed E-state index contributed by atoms with van der Waals surface area (Å²) in [6.45, 7) is 6.87. The van der Waals surface area contributed by atoms with Gasteiger partial charge >= 0.3 is 0 Å². The van der Waals surface area contributed by atoms with Crippen molar-refractivity contribution in [2.45, 2.75) is 44.6 Å². The summed E-state index contributed by atoms with van der Waals surface area (Å²) < 4.78 is 26.6. The smallest absolute Gasteiger partial charge is 0.243 e. The number of fused-ring (bicyclic) bond motifs is 1. The number of para-hydroxylation sites is 1. The van der Waals surface area contributed by atoms with Crippen LogP contribution in [0.2, 0.25) is 0 Å². The van der Waals surface area contributed by atoms with Crippen LogP contribution >= 0.6 is 0 Å². The highest BCUT2D eigenvalue weighted by Gasteiger charge is 2.25. The predicted octanol–water partition coefficient (Wildman–Crippen LogP) is 3.50. The summed E-state index contributed by atoms with van der Waals surface area (Å²) in [5, 5.41) is 2.89. The van der Waals surface area contributed by atoms with E-state index < -0.39 is 10.0 Å². The number of carbonyl (C=O) groups excluding carboxylic acids is 1. The van der Waals surface area contributed by atoms with Crippen LogP contribution in [0.15, 0.2) is 53.4 Å². The van der Waals surface area contributed by atoms with Crippen molar-refractivity contribution in [3.05, 3.63) is 54.1 Å². The SMILES string of the molecule is CCN(CC)S(=O)(=O)c1ccc(NC(=O)CN2c3ccccc3CC[C@H]2C)cc1. The number of nitrogens with one attached hydrogen (secondary N) is 1. The van der Waals surface area contributed by atoms with Gasteiger partial charge in [0.1, 0.15) is 0 Å². The Kier molecular flexibility index (Phi) is 6.59. The van der Waals surface area contributed by atoms with Gasteiger partial charge in [0.25, 0.3) is 0 Å². The Morgan fingerprint density at radius 3 is 2.41 bits per heavy atom. The molecule has 1 aliphatic heterocycles. The van der Waals surface area contributed by atoms with Gasteiger partial charge in [0.2, 0.25) is 15.9 Å². The lowest BCUT2D eigenvalue weighted by molar-refractivity contribution is -0.115. The molecule has 2 aromatic rings. The van der Waals surface area contributed by atoms with Gasteiger partial charge in [-0.25, -0.2) is 8.42 Å². The zero-order valence-corrected chi connectivity index (χ0v) is 18.1. The molecule has 0 aliphatic carbocycles. The lowest BCUT2D eigenvalue weighted by Crippen LogP contribution is -2.42. The van der Waals surface area contributed by atoms with Crippen LogP contribution in [0.4, 0.5) is 11.4 Å². The van der Waals surface area contributed by atoms with Crippen LogP contribution < -0.4 is 10.2 Å². The molecule has 1 aliphatic rings. The zero-order valence-electron chi connectivity index (χ0n) is 17.3. The summed E-state index contributed by atoms with van der Waals surface area (Å²) in [7, 11) is -3.50. The first-order valence-electron chi connectivity index (χ1n) is 10.1. The Labute approximate surface area is 173 Å². The molecule has 1 heterocycles. The molecule has 0 spiro atoms. The van der Waals surface area contributed by atoms with Gasteiger partial charge in [-0.15, -0.1) is 0 Å². The molecule has 0 saturated heterocycles. The van der Waals surface area contributed by atoms with Gasteiger partial charge < -0.3 is 10.2 Å². The summed E-state index contributed by atoms with van der Waals surface area (Å²) in [5.74, 6) is -0.118. The van der Waals surface area contributed by atoms with E-state index >= 15 is 0 Å². The topological polar surface area (TPSA) is 69.7 Å². The fraction of sp³-hybridized carbons (Fsp3) is 0.409. The Morgan fingerprint density at radius 2 is 1.76 bits per heavy atom. The fourth-order valence-electron chi connectivity index (χ4n) is 3.78. The van der Waals surface area contributed by atoms with Crippen molar-refractivity contribution in [1.82, 2.24) is 4.31 Å². The van der Waals surface area contributed by atoms with E-state index in [0.29, 0.717) is 18.8 Å². The van der Waals surface area contributed by atoms with Crippen molar-refractivity contribution >= 4 is 27.3 Å². The second-order valence-corrected chi connectivity index (χ2v) is 9.24. The van der Waals surface area contributed by atoms with Gasteiger partial charge in [-0.3, -0.25) is 4.79 Å². The molecule has 0 fully saturated rings. The Hall–Kier alpha value is -2.38. The van der Waals surface area contributed by atoms with E-state index in [1.165, 1.54) is 9.87 Å². The molecule has 0 radical (unpaired) electrons. The first kappa shape index (κ1) is 21.3. The molecule has 0 bridgehead atoms. The standard InChI is InChI=1S/C22H29N3O3S/c1-4-24(5-2)29(27,28)20-14-12-19(13-15-20)23-22(26)16-25-17(3)10-11-18-8-6-7-9-21(18)25/h6-9,12-15,17H,4-5,10-11,16H2,1-3H3,(H,23,26)/t17-/m1/s1. The van der Waals surface area contributed by atoms with E-state index in [1.807, 2.05) is 26.0 Å². The fourth-order valence-corrected chi connectivity index (χ4v) is 5.24. The highest BCUT2D eigenvalue weighted by Crippen LogP contribution is 2.30. The molecule has 156 valence electrons. The molecule has 7 heteroatoms. The Balaban J connectivity index is 1.69. The van der Waals surface area contributed by atoms with Crippen LogP contribution in [-0.4, -0.2) is 44.3 Å². The number of anilines is 2. The second-order valence-electron chi connectivity index (χ2n) is 7.31. The number of sulfonamides is 1. The first-order valence-corrected chi connectivity index (χ1v) is 11.6. The number of hydrogen-bond acceptors (Lipinski definition) is 4. The van der Waals surface area contributed by atoms with Gasteiger partial charge in [0.05, 0.1) is 11.4 Å². The molecular formula is C22H29N3O3S. The first-order chi connectivity index (χ1) is 13.9. The van der Waals surface area contributed by atoms with Crippen molar-refractivity contribution < 1.29 is 13.2 Å². The van der Waals surface area contributed by atoms with E-state index in [1.54, 1.807) is 24.3 Å². The van der Waals surface area contributed by atoms with Crippen molar-refractivity contribution in [1.29, 1.82) is 0 Å². The van der Waals surface area contributed by atoms with Crippen LogP contribution in [0.5, 0.6) is 0 Å². The summed E-state index contributed by atoms with van der Waals surface area (Å²) in [6.07, 6.45) is 2.04. The molecule has 0 saturated carbocycles. The van der Waals surface area contributed by atoms with E-state index in [9.17, 15) is 13.2 Å². The largest absolute Gasteiger partial charge is 0.359 e. The van der Waals surface area contributed by atoms with Crippen LogP contribution in [0, 0.1) is 0 Å². The van der Waals surface area contributed by atoms with Gasteiger partial charge in [-0.05, 0) is 55.7 Å². The number of nitrogens with zero attached hydrogens (tertiary/aromatic N) is 2. The zero-order chi connectivity index (χ0) is 21.0. The maximum Gasteiger partial charge on any atom is 0.243 e. The molecule has 1 amide bonds. The van der Waals surface area contributed by atoms with Gasteiger partial charge in [-0.2, -0.15) is 4.31 Å². The highest BCUT2D eigenvalue weighted by molar-refractivity contribution is 7.89. The van der Waals surface area contributed by atoms with Crippen LogP contribution in [-0.2, 0) is 21.2 Å². The number of amides is 1. The molecule has 6 nitrogen and oxygen atoms in total. The molecule has 0 unspecified atom stereocenters.